The number of halogens is 1. The highest BCUT2D eigenvalue weighted by Gasteiger charge is 2.35. The molecule has 0 radical (unpaired) electrons. The van der Waals surface area contributed by atoms with Crippen molar-refractivity contribution in [1.29, 1.82) is 0 Å². The third kappa shape index (κ3) is 5.75. The van der Waals surface area contributed by atoms with Crippen LogP contribution in [0.2, 0.25) is 0 Å². The maximum absolute atomic E-state index is 13.2. The summed E-state index contributed by atoms with van der Waals surface area (Å²) in [6.45, 7) is 5.60. The lowest BCUT2D eigenvalue weighted by atomic mass is 10.00. The molecule has 2 amide bonds. The minimum Gasteiger partial charge on any atom is -0.359 e. The second kappa shape index (κ2) is 12.0. The molecule has 0 saturated heterocycles. The zero-order valence-corrected chi connectivity index (χ0v) is 20.7. The van der Waals surface area contributed by atoms with Gasteiger partial charge in [0.2, 0.25) is 5.91 Å². The van der Waals surface area contributed by atoms with E-state index in [1.165, 1.54) is 10.5 Å². The van der Waals surface area contributed by atoms with Gasteiger partial charge >= 0.3 is 0 Å². The molecular formula is C27H32ClN3O3. The first-order chi connectivity index (χ1) is 16.4. The molecule has 0 fully saturated rings. The lowest BCUT2D eigenvalue weighted by Gasteiger charge is -2.24. The number of rotatable bonds is 12. The van der Waals surface area contributed by atoms with Gasteiger partial charge in [-0.3, -0.25) is 14.5 Å². The molecule has 3 rings (SSSR count). The largest absolute Gasteiger partial charge is 0.359 e. The van der Waals surface area contributed by atoms with Crippen LogP contribution in [0.3, 0.4) is 0 Å². The maximum atomic E-state index is 13.2. The summed E-state index contributed by atoms with van der Waals surface area (Å²) in [6.07, 6.45) is 6.95. The number of nitrogens with one attached hydrogen (secondary N) is 2. The van der Waals surface area contributed by atoms with E-state index in [1.54, 1.807) is 7.05 Å². The lowest BCUT2D eigenvalue weighted by Crippen LogP contribution is -2.39. The van der Waals surface area contributed by atoms with Gasteiger partial charge in [0.15, 0.2) is 0 Å². The van der Waals surface area contributed by atoms with E-state index in [4.69, 9.17) is 11.6 Å². The van der Waals surface area contributed by atoms with Gasteiger partial charge in [0, 0.05) is 36.0 Å². The first kappa shape index (κ1) is 25.7. The molecule has 6 nitrogen and oxygen atoms in total. The number of anilines is 1. The molecule has 0 aromatic heterocycles. The number of aldehydes is 1. The second-order valence-corrected chi connectivity index (χ2v) is 8.95. The smallest absolute Gasteiger partial charge is 0.259 e. The van der Waals surface area contributed by atoms with Crippen molar-refractivity contribution in [2.75, 3.05) is 18.5 Å². The minimum absolute atomic E-state index is 0.155. The average Bonchev–Trinajstić information content (AvgIpc) is 3.14. The van der Waals surface area contributed by atoms with E-state index < -0.39 is 6.04 Å². The Bertz CT molecular complexity index is 1140. The molecule has 1 heterocycles. The molecule has 0 aliphatic carbocycles. The maximum Gasteiger partial charge on any atom is 0.259 e. The van der Waals surface area contributed by atoms with E-state index in [-0.39, 0.29) is 24.7 Å². The van der Waals surface area contributed by atoms with Crippen LogP contribution in [0.5, 0.6) is 0 Å². The van der Waals surface area contributed by atoms with Gasteiger partial charge in [0.25, 0.3) is 5.91 Å². The lowest BCUT2D eigenvalue weighted by molar-refractivity contribution is -0.120. The van der Waals surface area contributed by atoms with Crippen LogP contribution in [-0.2, 0) is 16.1 Å². The van der Waals surface area contributed by atoms with Gasteiger partial charge in [-0.2, -0.15) is 0 Å². The molecule has 34 heavy (non-hydrogen) atoms. The Labute approximate surface area is 206 Å². The van der Waals surface area contributed by atoms with Gasteiger partial charge in [0.05, 0.1) is 11.7 Å². The molecule has 2 aromatic carbocycles. The Kier molecular flexibility index (Phi) is 9.02. The monoisotopic (exact) mass is 481 g/mol. The van der Waals surface area contributed by atoms with Crippen LogP contribution in [0.1, 0.15) is 55.5 Å². The Morgan fingerprint density at radius 1 is 1.18 bits per heavy atom. The average molecular weight is 482 g/mol. The summed E-state index contributed by atoms with van der Waals surface area (Å²) in [4.78, 5) is 38.3. The van der Waals surface area contributed by atoms with Crippen molar-refractivity contribution in [2.45, 2.75) is 52.1 Å². The molecule has 1 unspecified atom stereocenters. The van der Waals surface area contributed by atoms with Crippen molar-refractivity contribution in [3.8, 4) is 0 Å². The quantitative estimate of drug-likeness (QED) is 0.258. The fourth-order valence-corrected chi connectivity index (χ4v) is 4.22. The molecule has 180 valence electrons. The first-order valence-electron chi connectivity index (χ1n) is 11.7. The van der Waals surface area contributed by atoms with Crippen molar-refractivity contribution in [3.63, 3.8) is 0 Å². The molecule has 2 N–H and O–H groups in total. The highest BCUT2D eigenvalue weighted by molar-refractivity contribution is 6.29. The number of carbonyl (C=O) groups excluding carboxylic acids is 3. The molecule has 0 bridgehead atoms. The summed E-state index contributed by atoms with van der Waals surface area (Å²) in [7, 11) is 1.56. The standard InChI is InChI=1S/C27H32ClN3O3/c1-4-20(28)10-8-18(2)14-15-30-16-19-9-12-23-26-22(19)6-5-7-24(26)31(27(23)34)21(17-32)11-13-25(33)29-3/h5-10,12,17,21,30H,4,11,13-16H2,1-3H3,(H,29,33)/b18-8+,20-10+. The normalized spacial score (nSPS) is 14.6. The molecule has 1 atom stereocenters. The highest BCUT2D eigenvalue weighted by atomic mass is 35.5. The molecular weight excluding hydrogens is 450 g/mol. The van der Waals surface area contributed by atoms with Gasteiger partial charge in [-0.25, -0.2) is 0 Å². The zero-order valence-electron chi connectivity index (χ0n) is 20.0. The minimum atomic E-state index is -0.686. The zero-order chi connectivity index (χ0) is 24.7. The first-order valence-corrected chi connectivity index (χ1v) is 12.1. The van der Waals surface area contributed by atoms with Crippen LogP contribution < -0.4 is 15.5 Å². The van der Waals surface area contributed by atoms with E-state index in [0.29, 0.717) is 12.1 Å². The Morgan fingerprint density at radius 2 is 1.97 bits per heavy atom. The summed E-state index contributed by atoms with van der Waals surface area (Å²) < 4.78 is 0. The van der Waals surface area contributed by atoms with E-state index in [1.807, 2.05) is 43.3 Å². The van der Waals surface area contributed by atoms with Crippen LogP contribution in [0.25, 0.3) is 10.8 Å². The van der Waals surface area contributed by atoms with Gasteiger partial charge in [0.1, 0.15) is 6.29 Å². The van der Waals surface area contributed by atoms with Crippen molar-refractivity contribution in [2.24, 2.45) is 0 Å². The molecule has 1 aliphatic rings. The van der Waals surface area contributed by atoms with Crippen molar-refractivity contribution < 1.29 is 14.4 Å². The number of allylic oxidation sites excluding steroid dienone is 3. The molecule has 2 aromatic rings. The van der Waals surface area contributed by atoms with Crippen LogP contribution in [0.15, 0.2) is 53.1 Å². The van der Waals surface area contributed by atoms with E-state index >= 15 is 0 Å². The van der Waals surface area contributed by atoms with Crippen molar-refractivity contribution >= 4 is 46.2 Å². The van der Waals surface area contributed by atoms with Crippen LogP contribution >= 0.6 is 11.6 Å². The van der Waals surface area contributed by atoms with E-state index in [0.717, 1.165) is 52.7 Å². The third-order valence-corrected chi connectivity index (χ3v) is 6.54. The molecule has 0 saturated carbocycles. The van der Waals surface area contributed by atoms with Crippen molar-refractivity contribution in [3.05, 3.63) is 64.2 Å². The summed E-state index contributed by atoms with van der Waals surface area (Å²) in [5, 5.41) is 8.76. The predicted octanol–water partition coefficient (Wildman–Crippen LogP) is 4.85. The topological polar surface area (TPSA) is 78.5 Å². The third-order valence-electron chi connectivity index (χ3n) is 6.15. The van der Waals surface area contributed by atoms with Crippen LogP contribution in [-0.4, -0.2) is 37.7 Å². The fourth-order valence-electron chi connectivity index (χ4n) is 4.15. The Balaban J connectivity index is 1.75. The van der Waals surface area contributed by atoms with E-state index in [9.17, 15) is 14.4 Å². The van der Waals surface area contributed by atoms with Crippen molar-refractivity contribution in [1.82, 2.24) is 10.6 Å². The van der Waals surface area contributed by atoms with Gasteiger partial charge in [-0.15, -0.1) is 0 Å². The van der Waals surface area contributed by atoms with Gasteiger partial charge < -0.3 is 15.4 Å². The second-order valence-electron chi connectivity index (χ2n) is 8.47. The molecule has 1 aliphatic heterocycles. The van der Waals surface area contributed by atoms with E-state index in [2.05, 4.69) is 23.6 Å². The van der Waals surface area contributed by atoms with Gasteiger partial charge in [-0.1, -0.05) is 48.4 Å². The number of hydrogen-bond acceptors (Lipinski definition) is 4. The van der Waals surface area contributed by atoms with Crippen LogP contribution in [0, 0.1) is 0 Å². The van der Waals surface area contributed by atoms with Gasteiger partial charge in [-0.05, 0) is 61.9 Å². The number of carbonyl (C=O) groups is 3. The number of benzene rings is 2. The molecule has 0 spiro atoms. The predicted molar refractivity (Wildman–Crippen MR) is 138 cm³/mol. The van der Waals surface area contributed by atoms with Crippen LogP contribution in [0.4, 0.5) is 5.69 Å². The summed E-state index contributed by atoms with van der Waals surface area (Å²) in [5.41, 5.74) is 3.67. The number of hydrogen-bond donors (Lipinski definition) is 2. The SMILES string of the molecule is CC/C(Cl)=C\C=C(/C)CCNCc1ccc2c3c(cccc13)N(C(C=O)CCC(=O)NC)C2=O. The summed E-state index contributed by atoms with van der Waals surface area (Å²) >= 11 is 6.06. The fraction of sp³-hybridized carbons (Fsp3) is 0.370. The summed E-state index contributed by atoms with van der Waals surface area (Å²) in [6, 6.07) is 8.92. The highest BCUT2D eigenvalue weighted by Crippen LogP contribution is 2.40. The number of nitrogens with zero attached hydrogens (tertiary/aromatic N) is 1. The Morgan fingerprint density at radius 3 is 2.68 bits per heavy atom. The number of amides is 2. The molecule has 7 heteroatoms. The Hall–Kier alpha value is -2.96. The summed E-state index contributed by atoms with van der Waals surface area (Å²) in [5.74, 6) is -0.351.